The first kappa shape index (κ1) is 16.2. The molecule has 3 aromatic rings. The number of carbonyl (C=O) groups is 1. The molecule has 6 heteroatoms. The number of nitrogens with zero attached hydrogens (tertiary/aromatic N) is 4. The van der Waals surface area contributed by atoms with Crippen LogP contribution in [0, 0.1) is 11.7 Å². The minimum atomic E-state index is -0.263. The van der Waals surface area contributed by atoms with E-state index in [4.69, 9.17) is 0 Å². The van der Waals surface area contributed by atoms with Gasteiger partial charge in [-0.15, -0.1) is 0 Å². The maximum Gasteiger partial charge on any atom is 0.255 e. The minimum Gasteiger partial charge on any atom is -0.338 e. The fraction of sp³-hybridized carbons (Fsp3) is 0.286. The van der Waals surface area contributed by atoms with Gasteiger partial charge in [-0.2, -0.15) is 5.10 Å². The molecule has 5 nitrogen and oxygen atoms in total. The molecule has 0 spiro atoms. The van der Waals surface area contributed by atoms with Crippen molar-refractivity contribution in [3.8, 4) is 11.3 Å². The lowest BCUT2D eigenvalue weighted by molar-refractivity contribution is 0.0784. The zero-order valence-corrected chi connectivity index (χ0v) is 15.0. The summed E-state index contributed by atoms with van der Waals surface area (Å²) in [6, 6.07) is 10.2. The predicted molar refractivity (Wildman–Crippen MR) is 98.7 cm³/mol. The van der Waals surface area contributed by atoms with Crippen LogP contribution in [-0.2, 0) is 13.5 Å². The number of halogens is 1. The van der Waals surface area contributed by atoms with Crippen LogP contribution < -0.4 is 0 Å². The van der Waals surface area contributed by atoms with Gasteiger partial charge in [-0.3, -0.25) is 14.5 Å². The van der Waals surface area contributed by atoms with E-state index in [1.54, 1.807) is 30.6 Å². The molecule has 2 aliphatic rings. The van der Waals surface area contributed by atoms with Crippen LogP contribution in [0.25, 0.3) is 11.3 Å². The lowest BCUT2D eigenvalue weighted by Crippen LogP contribution is -2.29. The molecule has 2 atom stereocenters. The lowest BCUT2D eigenvalue weighted by Gasteiger charge is -2.17. The van der Waals surface area contributed by atoms with Crippen molar-refractivity contribution in [2.24, 2.45) is 13.0 Å². The average molecular weight is 362 g/mol. The van der Waals surface area contributed by atoms with Gasteiger partial charge in [0, 0.05) is 55.3 Å². The minimum absolute atomic E-state index is 0.0234. The van der Waals surface area contributed by atoms with Crippen molar-refractivity contribution in [3.05, 3.63) is 71.4 Å². The largest absolute Gasteiger partial charge is 0.338 e. The van der Waals surface area contributed by atoms with E-state index in [9.17, 15) is 9.18 Å². The molecule has 2 aromatic heterocycles. The molecule has 27 heavy (non-hydrogen) atoms. The van der Waals surface area contributed by atoms with E-state index in [0.29, 0.717) is 18.0 Å². The Morgan fingerprint density at radius 2 is 2.11 bits per heavy atom. The molecule has 1 aliphatic heterocycles. The highest BCUT2D eigenvalue weighted by Gasteiger charge is 2.45. The quantitative estimate of drug-likeness (QED) is 0.704. The molecular formula is C21H19FN4O. The lowest BCUT2D eigenvalue weighted by atomic mass is 9.94. The topological polar surface area (TPSA) is 51.0 Å². The number of rotatable bonds is 2. The molecule has 3 heterocycles. The number of amides is 1. The summed E-state index contributed by atoms with van der Waals surface area (Å²) in [5.41, 5.74) is 4.64. The maximum absolute atomic E-state index is 13.7. The number of benzene rings is 1. The second-order valence-corrected chi connectivity index (χ2v) is 7.37. The van der Waals surface area contributed by atoms with Crippen LogP contribution in [0.5, 0.6) is 0 Å². The smallest absolute Gasteiger partial charge is 0.255 e. The Bertz CT molecular complexity index is 1030. The molecule has 0 radical (unpaired) electrons. The van der Waals surface area contributed by atoms with Crippen molar-refractivity contribution in [2.45, 2.75) is 12.3 Å². The molecule has 1 aliphatic carbocycles. The van der Waals surface area contributed by atoms with Gasteiger partial charge in [-0.25, -0.2) is 4.39 Å². The molecule has 1 saturated heterocycles. The van der Waals surface area contributed by atoms with Gasteiger partial charge in [0.2, 0.25) is 0 Å². The molecule has 1 aromatic carbocycles. The van der Waals surface area contributed by atoms with E-state index in [1.165, 1.54) is 23.4 Å². The number of carbonyl (C=O) groups excluding carboxylic acids is 1. The SMILES string of the molecule is Cn1nc(-c2cccc(F)c2)c2c1C[C@H]1CN(C(=O)c3cccnc3)C[C@@H]21. The molecule has 1 amide bonds. The summed E-state index contributed by atoms with van der Waals surface area (Å²) in [5.74, 6) is 0.390. The number of aryl methyl sites for hydroxylation is 1. The molecule has 0 unspecified atom stereocenters. The van der Waals surface area contributed by atoms with Crippen molar-refractivity contribution in [2.75, 3.05) is 13.1 Å². The van der Waals surface area contributed by atoms with E-state index in [0.717, 1.165) is 24.2 Å². The fourth-order valence-corrected chi connectivity index (χ4v) is 4.55. The monoisotopic (exact) mass is 362 g/mol. The second-order valence-electron chi connectivity index (χ2n) is 7.37. The van der Waals surface area contributed by atoms with Crippen LogP contribution >= 0.6 is 0 Å². The summed E-state index contributed by atoms with van der Waals surface area (Å²) in [7, 11) is 1.95. The van der Waals surface area contributed by atoms with Crippen LogP contribution in [0.1, 0.15) is 27.5 Å². The molecular weight excluding hydrogens is 343 g/mol. The Labute approximate surface area is 156 Å². The number of fused-ring (bicyclic) bond motifs is 3. The number of hydrogen-bond acceptors (Lipinski definition) is 3. The van der Waals surface area contributed by atoms with Crippen molar-refractivity contribution >= 4 is 5.91 Å². The summed E-state index contributed by atoms with van der Waals surface area (Å²) >= 11 is 0. The van der Waals surface area contributed by atoms with Crippen molar-refractivity contribution in [3.63, 3.8) is 0 Å². The average Bonchev–Trinajstić information content (AvgIpc) is 3.33. The third-order valence-electron chi connectivity index (χ3n) is 5.77. The van der Waals surface area contributed by atoms with Crippen molar-refractivity contribution in [1.29, 1.82) is 0 Å². The van der Waals surface area contributed by atoms with E-state index >= 15 is 0 Å². The van der Waals surface area contributed by atoms with Crippen LogP contribution in [0.2, 0.25) is 0 Å². The van der Waals surface area contributed by atoms with Gasteiger partial charge >= 0.3 is 0 Å². The first-order valence-electron chi connectivity index (χ1n) is 9.13. The summed E-state index contributed by atoms with van der Waals surface area (Å²) in [4.78, 5) is 18.8. The normalized spacial score (nSPS) is 20.6. The first-order valence-corrected chi connectivity index (χ1v) is 9.13. The number of likely N-dealkylation sites (tertiary alicyclic amines) is 1. The molecule has 0 saturated carbocycles. The second kappa shape index (κ2) is 6.01. The van der Waals surface area contributed by atoms with Crippen LogP contribution in [0.15, 0.2) is 48.8 Å². The van der Waals surface area contributed by atoms with Gasteiger partial charge in [0.25, 0.3) is 5.91 Å². The molecule has 0 bridgehead atoms. The number of aromatic nitrogens is 3. The van der Waals surface area contributed by atoms with Crippen molar-refractivity contribution < 1.29 is 9.18 Å². The Balaban J connectivity index is 1.49. The highest BCUT2D eigenvalue weighted by Crippen LogP contribution is 2.47. The maximum atomic E-state index is 13.7. The number of hydrogen-bond donors (Lipinski definition) is 0. The van der Waals surface area contributed by atoms with Crippen LogP contribution in [-0.4, -0.2) is 38.7 Å². The predicted octanol–water partition coefficient (Wildman–Crippen LogP) is 3.03. The molecule has 136 valence electrons. The van der Waals surface area contributed by atoms with Gasteiger partial charge in [0.1, 0.15) is 5.82 Å². The fourth-order valence-electron chi connectivity index (χ4n) is 4.55. The Hall–Kier alpha value is -3.02. The Kier molecular flexibility index (Phi) is 3.60. The van der Waals surface area contributed by atoms with Crippen molar-refractivity contribution in [1.82, 2.24) is 19.7 Å². The highest BCUT2D eigenvalue weighted by molar-refractivity contribution is 5.94. The molecule has 5 rings (SSSR count). The van der Waals surface area contributed by atoms with E-state index in [2.05, 4.69) is 10.1 Å². The van der Waals surface area contributed by atoms with Gasteiger partial charge in [-0.1, -0.05) is 12.1 Å². The number of pyridine rings is 1. The Morgan fingerprint density at radius 1 is 1.22 bits per heavy atom. The first-order chi connectivity index (χ1) is 13.1. The van der Waals surface area contributed by atoms with Gasteiger partial charge in [-0.05, 0) is 36.6 Å². The van der Waals surface area contributed by atoms with E-state index in [-0.39, 0.29) is 17.6 Å². The summed E-state index contributed by atoms with van der Waals surface area (Å²) < 4.78 is 15.7. The standard InChI is InChI=1S/C21H19FN4O/c1-25-18-9-15-11-26(21(27)14-5-3-7-23-10-14)12-17(15)19(18)20(24-25)13-4-2-6-16(22)8-13/h2-8,10,15,17H,9,11-12H2,1H3/t15-,17+/m0/s1. The third kappa shape index (κ3) is 2.55. The van der Waals surface area contributed by atoms with Gasteiger partial charge < -0.3 is 4.90 Å². The van der Waals surface area contributed by atoms with Gasteiger partial charge in [0.15, 0.2) is 0 Å². The Morgan fingerprint density at radius 3 is 2.89 bits per heavy atom. The third-order valence-corrected chi connectivity index (χ3v) is 5.77. The molecule has 1 fully saturated rings. The zero-order chi connectivity index (χ0) is 18.5. The van der Waals surface area contributed by atoms with Crippen LogP contribution in [0.4, 0.5) is 4.39 Å². The summed E-state index contributed by atoms with van der Waals surface area (Å²) in [6.45, 7) is 1.40. The van der Waals surface area contributed by atoms with E-state index in [1.807, 2.05) is 22.7 Å². The highest BCUT2D eigenvalue weighted by atomic mass is 19.1. The van der Waals surface area contributed by atoms with Gasteiger partial charge in [0.05, 0.1) is 11.3 Å². The van der Waals surface area contributed by atoms with Crippen LogP contribution in [0.3, 0.4) is 0 Å². The summed E-state index contributed by atoms with van der Waals surface area (Å²) in [5, 5.41) is 4.67. The van der Waals surface area contributed by atoms with E-state index < -0.39 is 0 Å². The molecule has 0 N–H and O–H groups in total. The zero-order valence-electron chi connectivity index (χ0n) is 15.0. The summed E-state index contributed by atoms with van der Waals surface area (Å²) in [6.07, 6.45) is 4.18.